The molecule has 0 aromatic heterocycles. The number of ketones is 1. The molecule has 5 nitrogen and oxygen atoms in total. The molecule has 1 atom stereocenters. The summed E-state index contributed by atoms with van der Waals surface area (Å²) >= 11 is 0. The third-order valence-corrected chi connectivity index (χ3v) is 6.04. The minimum Gasteiger partial charge on any atom is -0.493 e. The van der Waals surface area contributed by atoms with E-state index in [2.05, 4.69) is 0 Å². The normalized spacial score (nSPS) is 20.5. The van der Waals surface area contributed by atoms with Gasteiger partial charge in [-0.1, -0.05) is 26.0 Å². The second-order valence-electron chi connectivity index (χ2n) is 8.85. The first-order valence-electron chi connectivity index (χ1n) is 10.3. The Kier molecular flexibility index (Phi) is 5.33. The minimum atomic E-state index is -0.423. The number of ether oxygens (including phenoxy) is 2. The van der Waals surface area contributed by atoms with Crippen LogP contribution in [0.5, 0.6) is 11.5 Å². The second kappa shape index (κ2) is 7.84. The number of carbonyl (C=O) groups is 2. The molecule has 162 valence electrons. The maximum absolute atomic E-state index is 13.5. The van der Waals surface area contributed by atoms with Gasteiger partial charge in [-0.2, -0.15) is 0 Å². The minimum absolute atomic E-state index is 0.0285. The summed E-state index contributed by atoms with van der Waals surface area (Å²) in [5.41, 5.74) is 2.37. The Morgan fingerprint density at radius 1 is 1.00 bits per heavy atom. The molecule has 1 amide bonds. The molecule has 0 unspecified atom stereocenters. The van der Waals surface area contributed by atoms with Gasteiger partial charge < -0.3 is 9.47 Å². The van der Waals surface area contributed by atoms with Crippen LogP contribution < -0.4 is 14.4 Å². The largest absolute Gasteiger partial charge is 0.493 e. The van der Waals surface area contributed by atoms with Crippen molar-refractivity contribution in [2.24, 2.45) is 5.41 Å². The van der Waals surface area contributed by atoms with Crippen molar-refractivity contribution < 1.29 is 23.5 Å². The number of rotatable bonds is 4. The third kappa shape index (κ3) is 3.71. The van der Waals surface area contributed by atoms with Crippen LogP contribution in [0, 0.1) is 11.2 Å². The Morgan fingerprint density at radius 3 is 2.35 bits per heavy atom. The van der Waals surface area contributed by atoms with Gasteiger partial charge in [0, 0.05) is 41.3 Å². The van der Waals surface area contributed by atoms with Crippen LogP contribution >= 0.6 is 0 Å². The average Bonchev–Trinajstić information content (AvgIpc) is 2.72. The smallest absolute Gasteiger partial charge is 0.232 e. The highest BCUT2D eigenvalue weighted by Crippen LogP contribution is 2.50. The molecule has 1 aliphatic carbocycles. The van der Waals surface area contributed by atoms with Gasteiger partial charge in [-0.05, 0) is 42.2 Å². The summed E-state index contributed by atoms with van der Waals surface area (Å²) in [5.74, 6) is 0.183. The van der Waals surface area contributed by atoms with Crippen molar-refractivity contribution in [3.05, 3.63) is 65.1 Å². The van der Waals surface area contributed by atoms with Gasteiger partial charge in [0.1, 0.15) is 5.82 Å². The highest BCUT2D eigenvalue weighted by Gasteiger charge is 2.45. The van der Waals surface area contributed by atoms with E-state index in [-0.39, 0.29) is 29.3 Å². The molecule has 0 spiro atoms. The van der Waals surface area contributed by atoms with Crippen LogP contribution in [0.2, 0.25) is 0 Å². The molecule has 2 aromatic rings. The molecule has 0 N–H and O–H groups in total. The molecular formula is C25H26FNO4. The molecule has 31 heavy (non-hydrogen) atoms. The number of benzene rings is 2. The van der Waals surface area contributed by atoms with Crippen molar-refractivity contribution in [3.63, 3.8) is 0 Å². The Morgan fingerprint density at radius 2 is 1.71 bits per heavy atom. The van der Waals surface area contributed by atoms with Gasteiger partial charge >= 0.3 is 0 Å². The van der Waals surface area contributed by atoms with Crippen molar-refractivity contribution >= 4 is 17.4 Å². The molecule has 0 fully saturated rings. The second-order valence-corrected chi connectivity index (χ2v) is 8.85. The number of amides is 1. The lowest BCUT2D eigenvalue weighted by molar-refractivity contribution is -0.121. The summed E-state index contributed by atoms with van der Waals surface area (Å²) in [6.45, 7) is 4.05. The van der Waals surface area contributed by atoms with Gasteiger partial charge in [-0.3, -0.25) is 14.5 Å². The maximum atomic E-state index is 13.5. The maximum Gasteiger partial charge on any atom is 0.232 e. The first-order valence-corrected chi connectivity index (χ1v) is 10.3. The van der Waals surface area contributed by atoms with Crippen molar-refractivity contribution in [3.8, 4) is 11.5 Å². The topological polar surface area (TPSA) is 55.8 Å². The molecule has 2 aliphatic rings. The van der Waals surface area contributed by atoms with E-state index in [1.165, 1.54) is 12.1 Å². The van der Waals surface area contributed by atoms with Gasteiger partial charge in [0.15, 0.2) is 17.3 Å². The lowest BCUT2D eigenvalue weighted by Gasteiger charge is -2.43. The number of halogens is 1. The number of methoxy groups -OCH3 is 2. The molecule has 0 radical (unpaired) electrons. The molecule has 0 saturated heterocycles. The zero-order chi connectivity index (χ0) is 22.3. The van der Waals surface area contributed by atoms with Crippen LogP contribution in [0.4, 0.5) is 10.1 Å². The van der Waals surface area contributed by atoms with E-state index in [0.717, 1.165) is 5.56 Å². The van der Waals surface area contributed by atoms with Crippen LogP contribution in [0.1, 0.15) is 44.6 Å². The van der Waals surface area contributed by atoms with Crippen LogP contribution in [-0.2, 0) is 9.59 Å². The van der Waals surface area contributed by atoms with Crippen molar-refractivity contribution in [2.45, 2.75) is 39.0 Å². The Labute approximate surface area is 181 Å². The molecule has 0 bridgehead atoms. The highest BCUT2D eigenvalue weighted by molar-refractivity contribution is 6.08. The predicted octanol–water partition coefficient (Wildman–Crippen LogP) is 5.01. The van der Waals surface area contributed by atoms with Crippen molar-refractivity contribution in [2.75, 3.05) is 19.1 Å². The Hall–Kier alpha value is -3.15. The van der Waals surface area contributed by atoms with E-state index in [9.17, 15) is 14.0 Å². The van der Waals surface area contributed by atoms with Crippen molar-refractivity contribution in [1.29, 1.82) is 0 Å². The fourth-order valence-corrected chi connectivity index (χ4v) is 4.76. The average molecular weight is 423 g/mol. The Bertz CT molecular complexity index is 1070. The fraction of sp³-hybridized carbons (Fsp3) is 0.360. The molecule has 4 rings (SSSR count). The molecule has 6 heteroatoms. The zero-order valence-electron chi connectivity index (χ0n) is 18.2. The van der Waals surface area contributed by atoms with Crippen LogP contribution in [-0.4, -0.2) is 25.9 Å². The molecule has 1 heterocycles. The standard InChI is InChI=1S/C25H26FNO4/c1-25(2)13-19-23(20(28)14-25)18(17-6-5-7-21(30-3)24(17)31-4)12-22(29)27(19)16-10-8-15(26)9-11-16/h5-11,18H,12-14H2,1-4H3/t18-/m1/s1. The summed E-state index contributed by atoms with van der Waals surface area (Å²) < 4.78 is 24.6. The SMILES string of the molecule is COc1cccc([C@H]2CC(=O)N(c3ccc(F)cc3)C3=C2C(=O)CC(C)(C)C3)c1OC. The predicted molar refractivity (Wildman–Crippen MR) is 116 cm³/mol. The van der Waals surface area contributed by atoms with Crippen LogP contribution in [0.25, 0.3) is 0 Å². The van der Waals surface area contributed by atoms with E-state index < -0.39 is 5.92 Å². The van der Waals surface area contributed by atoms with E-state index in [4.69, 9.17) is 9.47 Å². The van der Waals surface area contributed by atoms with Gasteiger partial charge in [-0.25, -0.2) is 4.39 Å². The number of carbonyl (C=O) groups excluding carboxylic acids is 2. The summed E-state index contributed by atoms with van der Waals surface area (Å²) in [5, 5.41) is 0. The molecule has 1 aliphatic heterocycles. The van der Waals surface area contributed by atoms with Crippen molar-refractivity contribution in [1.82, 2.24) is 0 Å². The molecular weight excluding hydrogens is 397 g/mol. The number of para-hydroxylation sites is 1. The van der Waals surface area contributed by atoms with Crippen LogP contribution in [0.3, 0.4) is 0 Å². The molecule has 0 saturated carbocycles. The first-order chi connectivity index (χ1) is 14.8. The number of Topliss-reactive ketones (excluding diaryl/α,β-unsaturated/α-hetero) is 1. The van der Waals surface area contributed by atoms with E-state index in [1.807, 2.05) is 26.0 Å². The van der Waals surface area contributed by atoms with Gasteiger partial charge in [-0.15, -0.1) is 0 Å². The highest BCUT2D eigenvalue weighted by atomic mass is 19.1. The number of hydrogen-bond donors (Lipinski definition) is 0. The summed E-state index contributed by atoms with van der Waals surface area (Å²) in [4.78, 5) is 28.4. The quantitative estimate of drug-likeness (QED) is 0.694. The lowest BCUT2D eigenvalue weighted by Crippen LogP contribution is -2.43. The first kappa shape index (κ1) is 21.1. The van der Waals surface area contributed by atoms with Gasteiger partial charge in [0.05, 0.1) is 14.2 Å². The van der Waals surface area contributed by atoms with E-state index in [0.29, 0.717) is 41.3 Å². The number of anilines is 1. The lowest BCUT2D eigenvalue weighted by atomic mass is 9.69. The summed E-state index contributed by atoms with van der Waals surface area (Å²) in [6.07, 6.45) is 1.09. The molecule has 2 aromatic carbocycles. The van der Waals surface area contributed by atoms with E-state index in [1.54, 1.807) is 37.3 Å². The number of hydrogen-bond acceptors (Lipinski definition) is 4. The fourth-order valence-electron chi connectivity index (χ4n) is 4.76. The van der Waals surface area contributed by atoms with Crippen LogP contribution in [0.15, 0.2) is 53.7 Å². The third-order valence-electron chi connectivity index (χ3n) is 6.04. The number of allylic oxidation sites excluding steroid dienone is 2. The number of nitrogens with zero attached hydrogens (tertiary/aromatic N) is 1. The Balaban J connectivity index is 1.93. The summed E-state index contributed by atoms with van der Waals surface area (Å²) in [6, 6.07) is 11.3. The van der Waals surface area contributed by atoms with Gasteiger partial charge in [0.2, 0.25) is 5.91 Å². The summed E-state index contributed by atoms with van der Waals surface area (Å²) in [7, 11) is 3.11. The monoisotopic (exact) mass is 423 g/mol. The zero-order valence-corrected chi connectivity index (χ0v) is 18.2. The van der Waals surface area contributed by atoms with Gasteiger partial charge in [0.25, 0.3) is 0 Å². The van der Waals surface area contributed by atoms with E-state index >= 15 is 0 Å².